The summed E-state index contributed by atoms with van der Waals surface area (Å²) in [4.78, 5) is 5.13. The second-order valence-electron chi connectivity index (χ2n) is 7.41. The zero-order valence-corrected chi connectivity index (χ0v) is 14.5. The molecule has 2 heterocycles. The van der Waals surface area contributed by atoms with E-state index in [2.05, 4.69) is 15.9 Å². The fraction of sp³-hybridized carbons (Fsp3) is 0.789. The smallest absolute Gasteiger partial charge is 0.118 e. The zero-order valence-electron chi connectivity index (χ0n) is 14.5. The van der Waals surface area contributed by atoms with E-state index < -0.39 is 0 Å². The number of aliphatic hydroxyl groups is 1. The fourth-order valence-corrected chi connectivity index (χ4v) is 4.26. The molecule has 1 unspecified atom stereocenters. The van der Waals surface area contributed by atoms with Gasteiger partial charge in [0.15, 0.2) is 0 Å². The van der Waals surface area contributed by atoms with Gasteiger partial charge < -0.3 is 9.52 Å². The van der Waals surface area contributed by atoms with Gasteiger partial charge in [0.05, 0.1) is 6.54 Å². The largest absolute Gasteiger partial charge is 0.465 e. The van der Waals surface area contributed by atoms with Gasteiger partial charge >= 0.3 is 0 Å². The van der Waals surface area contributed by atoms with Crippen LogP contribution in [0, 0.1) is 12.8 Å². The van der Waals surface area contributed by atoms with Gasteiger partial charge in [-0.25, -0.2) is 0 Å². The molecule has 130 valence electrons. The molecular formula is C19H32N2O2. The van der Waals surface area contributed by atoms with Crippen molar-refractivity contribution < 1.29 is 9.52 Å². The van der Waals surface area contributed by atoms with Crippen LogP contribution in [0.2, 0.25) is 0 Å². The second kappa shape index (κ2) is 8.32. The molecule has 1 aromatic heterocycles. The monoisotopic (exact) mass is 320 g/mol. The fourth-order valence-electron chi connectivity index (χ4n) is 4.26. The van der Waals surface area contributed by atoms with Crippen LogP contribution in [0.25, 0.3) is 0 Å². The minimum absolute atomic E-state index is 0.291. The van der Waals surface area contributed by atoms with E-state index in [-0.39, 0.29) is 0 Å². The molecule has 0 amide bonds. The normalized spacial score (nSPS) is 25.0. The topological polar surface area (TPSA) is 39.9 Å². The Morgan fingerprint density at radius 3 is 2.70 bits per heavy atom. The van der Waals surface area contributed by atoms with Crippen LogP contribution in [-0.2, 0) is 6.54 Å². The maximum Gasteiger partial charge on any atom is 0.118 e. The number of nitrogens with zero attached hydrogens (tertiary/aromatic N) is 2. The van der Waals surface area contributed by atoms with Crippen LogP contribution in [0.3, 0.4) is 0 Å². The van der Waals surface area contributed by atoms with Gasteiger partial charge in [-0.3, -0.25) is 9.80 Å². The quantitative estimate of drug-likeness (QED) is 0.874. The van der Waals surface area contributed by atoms with E-state index in [1.54, 1.807) is 0 Å². The first-order chi connectivity index (χ1) is 11.2. The Hall–Kier alpha value is -0.840. The van der Waals surface area contributed by atoms with Crippen molar-refractivity contribution in [2.75, 3.05) is 32.8 Å². The molecule has 1 saturated heterocycles. The van der Waals surface area contributed by atoms with Crippen molar-refractivity contribution in [1.29, 1.82) is 0 Å². The Balaban J connectivity index is 1.54. The lowest BCUT2D eigenvalue weighted by Gasteiger charge is -2.43. The predicted octanol–water partition coefficient (Wildman–Crippen LogP) is 3.04. The maximum atomic E-state index is 9.46. The number of hydrogen-bond acceptors (Lipinski definition) is 4. The van der Waals surface area contributed by atoms with Crippen molar-refractivity contribution in [3.8, 4) is 0 Å². The average molecular weight is 320 g/mol. The third-order valence-electron chi connectivity index (χ3n) is 5.54. The van der Waals surface area contributed by atoms with Crippen molar-refractivity contribution in [3.05, 3.63) is 23.7 Å². The standard InChI is InChI=1S/C19H32N2O2/c1-16-7-8-19(23-16)15-20-10-11-21(18(14-20)9-12-22)13-17-5-3-2-4-6-17/h7-8,17-18,22H,2-6,9-15H2,1H3. The molecule has 1 aliphatic carbocycles. The van der Waals surface area contributed by atoms with Gasteiger partial charge in [-0.2, -0.15) is 0 Å². The summed E-state index contributed by atoms with van der Waals surface area (Å²) in [5, 5.41) is 9.46. The third-order valence-corrected chi connectivity index (χ3v) is 5.54. The maximum absolute atomic E-state index is 9.46. The Kier molecular flexibility index (Phi) is 6.15. The van der Waals surface area contributed by atoms with Gasteiger partial charge in [0.2, 0.25) is 0 Å². The van der Waals surface area contributed by atoms with E-state index in [4.69, 9.17) is 4.42 Å². The third kappa shape index (κ3) is 4.82. The van der Waals surface area contributed by atoms with E-state index in [0.717, 1.165) is 50.0 Å². The van der Waals surface area contributed by atoms with E-state index in [0.29, 0.717) is 12.6 Å². The van der Waals surface area contributed by atoms with Crippen LogP contribution in [0.4, 0.5) is 0 Å². The predicted molar refractivity (Wildman–Crippen MR) is 92.4 cm³/mol. The first kappa shape index (κ1) is 17.0. The molecular weight excluding hydrogens is 288 g/mol. The summed E-state index contributed by atoms with van der Waals surface area (Å²) in [6.07, 6.45) is 7.93. The van der Waals surface area contributed by atoms with Gasteiger partial charge in [0, 0.05) is 38.8 Å². The number of hydrogen-bond donors (Lipinski definition) is 1. The van der Waals surface area contributed by atoms with E-state index in [9.17, 15) is 5.11 Å². The van der Waals surface area contributed by atoms with Gasteiger partial charge in [-0.05, 0) is 44.2 Å². The van der Waals surface area contributed by atoms with Gasteiger partial charge in [-0.1, -0.05) is 19.3 Å². The molecule has 1 atom stereocenters. The zero-order chi connectivity index (χ0) is 16.1. The summed E-state index contributed by atoms with van der Waals surface area (Å²) in [5.74, 6) is 2.93. The summed E-state index contributed by atoms with van der Waals surface area (Å²) in [6, 6.07) is 4.62. The molecule has 1 saturated carbocycles. The van der Waals surface area contributed by atoms with Crippen LogP contribution in [0.15, 0.2) is 16.5 Å². The molecule has 23 heavy (non-hydrogen) atoms. The molecule has 2 aliphatic rings. The number of piperazine rings is 1. The van der Waals surface area contributed by atoms with Crippen molar-refractivity contribution in [1.82, 2.24) is 9.80 Å². The first-order valence-electron chi connectivity index (χ1n) is 9.37. The highest BCUT2D eigenvalue weighted by Crippen LogP contribution is 2.26. The van der Waals surface area contributed by atoms with Crippen LogP contribution in [0.5, 0.6) is 0 Å². The van der Waals surface area contributed by atoms with Gasteiger partial charge in [-0.15, -0.1) is 0 Å². The lowest BCUT2D eigenvalue weighted by Crippen LogP contribution is -2.54. The highest BCUT2D eigenvalue weighted by atomic mass is 16.3. The summed E-state index contributed by atoms with van der Waals surface area (Å²) in [7, 11) is 0. The first-order valence-corrected chi connectivity index (χ1v) is 9.37. The Labute approximate surface area is 140 Å². The summed E-state index contributed by atoms with van der Waals surface area (Å²) in [6.45, 7) is 7.70. The Bertz CT molecular complexity index is 468. The molecule has 1 aliphatic heterocycles. The van der Waals surface area contributed by atoms with Crippen LogP contribution < -0.4 is 0 Å². The second-order valence-corrected chi connectivity index (χ2v) is 7.41. The molecule has 2 fully saturated rings. The van der Waals surface area contributed by atoms with Crippen molar-refractivity contribution in [2.45, 2.75) is 58.0 Å². The molecule has 4 heteroatoms. The molecule has 1 N–H and O–H groups in total. The van der Waals surface area contributed by atoms with Crippen LogP contribution in [0.1, 0.15) is 50.0 Å². The minimum Gasteiger partial charge on any atom is -0.465 e. The van der Waals surface area contributed by atoms with Gasteiger partial charge in [0.25, 0.3) is 0 Å². The molecule has 4 nitrogen and oxygen atoms in total. The lowest BCUT2D eigenvalue weighted by molar-refractivity contribution is 0.0373. The molecule has 0 spiro atoms. The summed E-state index contributed by atoms with van der Waals surface area (Å²) >= 11 is 0. The Morgan fingerprint density at radius 1 is 1.17 bits per heavy atom. The van der Waals surface area contributed by atoms with E-state index in [1.165, 1.54) is 38.6 Å². The minimum atomic E-state index is 0.291. The highest BCUT2D eigenvalue weighted by molar-refractivity contribution is 5.05. The number of aryl methyl sites for hydroxylation is 1. The summed E-state index contributed by atoms with van der Waals surface area (Å²) in [5.41, 5.74) is 0. The van der Waals surface area contributed by atoms with Crippen molar-refractivity contribution in [2.24, 2.45) is 5.92 Å². The van der Waals surface area contributed by atoms with E-state index >= 15 is 0 Å². The van der Waals surface area contributed by atoms with Crippen molar-refractivity contribution >= 4 is 0 Å². The molecule has 3 rings (SSSR count). The molecule has 0 bridgehead atoms. The van der Waals surface area contributed by atoms with Crippen molar-refractivity contribution in [3.63, 3.8) is 0 Å². The molecule has 0 aromatic carbocycles. The number of rotatable bonds is 6. The van der Waals surface area contributed by atoms with Crippen LogP contribution in [-0.4, -0.2) is 53.7 Å². The molecule has 1 aromatic rings. The molecule has 0 radical (unpaired) electrons. The number of furan rings is 1. The summed E-state index contributed by atoms with van der Waals surface area (Å²) < 4.78 is 5.73. The lowest BCUT2D eigenvalue weighted by atomic mass is 9.88. The SMILES string of the molecule is Cc1ccc(CN2CCN(CC3CCCCC3)C(CCO)C2)o1. The number of aliphatic hydroxyl groups excluding tert-OH is 1. The van der Waals surface area contributed by atoms with E-state index in [1.807, 2.05) is 13.0 Å². The highest BCUT2D eigenvalue weighted by Gasteiger charge is 2.29. The van der Waals surface area contributed by atoms with Crippen LogP contribution >= 0.6 is 0 Å². The Morgan fingerprint density at radius 2 is 2.00 bits per heavy atom. The average Bonchev–Trinajstić information content (AvgIpc) is 2.96. The van der Waals surface area contributed by atoms with Gasteiger partial charge in [0.1, 0.15) is 11.5 Å².